The van der Waals surface area contributed by atoms with E-state index in [1.165, 1.54) is 42.5 Å². The third-order valence-electron chi connectivity index (χ3n) is 5.57. The van der Waals surface area contributed by atoms with Crippen molar-refractivity contribution >= 4 is 11.7 Å². The maximum atomic E-state index is 12.4. The highest BCUT2D eigenvalue weighted by Crippen LogP contribution is 2.28. The molecule has 0 spiro atoms. The zero-order chi connectivity index (χ0) is 18.4. The normalized spacial score (nSPS) is 18.0. The van der Waals surface area contributed by atoms with Crippen LogP contribution in [0.5, 0.6) is 0 Å². The van der Waals surface area contributed by atoms with Crippen molar-refractivity contribution in [3.63, 3.8) is 0 Å². The van der Waals surface area contributed by atoms with Gasteiger partial charge in [-0.3, -0.25) is 0 Å². The minimum absolute atomic E-state index is 0.0956. The SMILES string of the molecule is CC(C)c1ccccc1N1CCN(C(=O)NCCC2=CCCCC2)CC1. The Hall–Kier alpha value is -1.97. The number of urea groups is 1. The molecule has 0 saturated carbocycles. The van der Waals surface area contributed by atoms with Gasteiger partial charge in [-0.15, -0.1) is 0 Å². The van der Waals surface area contributed by atoms with Gasteiger partial charge in [-0.2, -0.15) is 0 Å². The number of allylic oxidation sites excluding steroid dienone is 1. The van der Waals surface area contributed by atoms with Gasteiger partial charge in [0.25, 0.3) is 0 Å². The van der Waals surface area contributed by atoms with E-state index in [1.807, 2.05) is 4.90 Å². The summed E-state index contributed by atoms with van der Waals surface area (Å²) in [5.74, 6) is 0.515. The molecule has 1 saturated heterocycles. The highest BCUT2D eigenvalue weighted by molar-refractivity contribution is 5.74. The molecular formula is C22H33N3O. The molecule has 2 amide bonds. The Morgan fingerprint density at radius 1 is 1.12 bits per heavy atom. The molecule has 4 nitrogen and oxygen atoms in total. The zero-order valence-electron chi connectivity index (χ0n) is 16.3. The lowest BCUT2D eigenvalue weighted by Gasteiger charge is -2.37. The minimum atomic E-state index is 0.0956. The predicted molar refractivity (Wildman–Crippen MR) is 109 cm³/mol. The fraction of sp³-hybridized carbons (Fsp3) is 0.591. The first-order valence-electron chi connectivity index (χ1n) is 10.2. The molecule has 3 rings (SSSR count). The number of para-hydroxylation sites is 1. The lowest BCUT2D eigenvalue weighted by atomic mass is 9.97. The van der Waals surface area contributed by atoms with E-state index in [-0.39, 0.29) is 6.03 Å². The molecule has 1 fully saturated rings. The summed E-state index contributed by atoms with van der Waals surface area (Å²) < 4.78 is 0. The lowest BCUT2D eigenvalue weighted by Crippen LogP contribution is -2.52. The van der Waals surface area contributed by atoms with Crippen molar-refractivity contribution in [3.05, 3.63) is 41.5 Å². The monoisotopic (exact) mass is 355 g/mol. The van der Waals surface area contributed by atoms with Crippen molar-refractivity contribution in [1.29, 1.82) is 0 Å². The largest absolute Gasteiger partial charge is 0.368 e. The van der Waals surface area contributed by atoms with Gasteiger partial charge in [0.2, 0.25) is 0 Å². The first-order valence-corrected chi connectivity index (χ1v) is 10.2. The minimum Gasteiger partial charge on any atom is -0.368 e. The molecule has 142 valence electrons. The summed E-state index contributed by atoms with van der Waals surface area (Å²) in [6, 6.07) is 8.75. The van der Waals surface area contributed by atoms with Gasteiger partial charge in [0.15, 0.2) is 0 Å². The van der Waals surface area contributed by atoms with Gasteiger partial charge in [0, 0.05) is 38.4 Å². The number of rotatable bonds is 5. The Labute approximate surface area is 158 Å². The number of hydrogen-bond donors (Lipinski definition) is 1. The zero-order valence-corrected chi connectivity index (χ0v) is 16.3. The number of carbonyl (C=O) groups excluding carboxylic acids is 1. The lowest BCUT2D eigenvalue weighted by molar-refractivity contribution is 0.194. The van der Waals surface area contributed by atoms with Crippen LogP contribution in [-0.2, 0) is 0 Å². The van der Waals surface area contributed by atoms with Crippen molar-refractivity contribution in [1.82, 2.24) is 10.2 Å². The molecule has 1 heterocycles. The van der Waals surface area contributed by atoms with Crippen LogP contribution >= 0.6 is 0 Å². The number of amides is 2. The summed E-state index contributed by atoms with van der Waals surface area (Å²) in [4.78, 5) is 16.8. The van der Waals surface area contributed by atoms with Crippen LogP contribution in [0.1, 0.15) is 57.4 Å². The average Bonchev–Trinajstić information content (AvgIpc) is 2.69. The highest BCUT2D eigenvalue weighted by atomic mass is 16.2. The number of nitrogens with one attached hydrogen (secondary N) is 1. The topological polar surface area (TPSA) is 35.6 Å². The van der Waals surface area contributed by atoms with E-state index in [0.717, 1.165) is 39.1 Å². The molecule has 1 aliphatic heterocycles. The molecule has 0 radical (unpaired) electrons. The molecule has 1 N–H and O–H groups in total. The fourth-order valence-electron chi connectivity index (χ4n) is 3.99. The highest BCUT2D eigenvalue weighted by Gasteiger charge is 2.22. The van der Waals surface area contributed by atoms with Gasteiger partial charge >= 0.3 is 6.03 Å². The molecule has 0 bridgehead atoms. The van der Waals surface area contributed by atoms with Crippen LogP contribution in [0.2, 0.25) is 0 Å². The Morgan fingerprint density at radius 3 is 2.58 bits per heavy atom. The fourth-order valence-corrected chi connectivity index (χ4v) is 3.99. The van der Waals surface area contributed by atoms with Gasteiger partial charge < -0.3 is 15.1 Å². The number of anilines is 1. The smallest absolute Gasteiger partial charge is 0.317 e. The van der Waals surface area contributed by atoms with Crippen LogP contribution in [-0.4, -0.2) is 43.7 Å². The third-order valence-corrected chi connectivity index (χ3v) is 5.57. The van der Waals surface area contributed by atoms with E-state index in [1.54, 1.807) is 0 Å². The van der Waals surface area contributed by atoms with E-state index >= 15 is 0 Å². The van der Waals surface area contributed by atoms with E-state index in [2.05, 4.69) is 54.4 Å². The van der Waals surface area contributed by atoms with Gasteiger partial charge in [-0.1, -0.05) is 43.7 Å². The molecule has 26 heavy (non-hydrogen) atoms. The summed E-state index contributed by atoms with van der Waals surface area (Å²) in [6.07, 6.45) is 8.42. The van der Waals surface area contributed by atoms with Crippen LogP contribution < -0.4 is 10.2 Å². The number of benzene rings is 1. The Balaban J connectivity index is 1.46. The molecular weight excluding hydrogens is 322 g/mol. The molecule has 1 aromatic rings. The quantitative estimate of drug-likeness (QED) is 0.788. The molecule has 0 aromatic heterocycles. The van der Waals surface area contributed by atoms with E-state index in [9.17, 15) is 4.79 Å². The second-order valence-electron chi connectivity index (χ2n) is 7.78. The van der Waals surface area contributed by atoms with Crippen LogP contribution in [0.3, 0.4) is 0 Å². The van der Waals surface area contributed by atoms with Gasteiger partial charge in [-0.05, 0) is 49.7 Å². The molecule has 1 aromatic carbocycles. The molecule has 0 atom stereocenters. The number of piperazine rings is 1. The number of hydrogen-bond acceptors (Lipinski definition) is 2. The summed E-state index contributed by atoms with van der Waals surface area (Å²) in [6.45, 7) is 8.64. The first-order chi connectivity index (χ1) is 12.6. The van der Waals surface area contributed by atoms with Crippen LogP contribution in [0, 0.1) is 0 Å². The van der Waals surface area contributed by atoms with Crippen LogP contribution in [0.25, 0.3) is 0 Å². The Bertz CT molecular complexity index is 630. The van der Waals surface area contributed by atoms with Gasteiger partial charge in [-0.25, -0.2) is 4.79 Å². The third kappa shape index (κ3) is 4.80. The van der Waals surface area contributed by atoms with Crippen molar-refractivity contribution in [3.8, 4) is 0 Å². The summed E-state index contributed by atoms with van der Waals surface area (Å²) in [5, 5.41) is 3.11. The first kappa shape index (κ1) is 18.8. The van der Waals surface area contributed by atoms with Crippen molar-refractivity contribution in [2.75, 3.05) is 37.6 Å². The predicted octanol–water partition coefficient (Wildman–Crippen LogP) is 4.53. The number of nitrogens with zero attached hydrogens (tertiary/aromatic N) is 2. The maximum absolute atomic E-state index is 12.4. The summed E-state index contributed by atoms with van der Waals surface area (Å²) >= 11 is 0. The van der Waals surface area contributed by atoms with E-state index < -0.39 is 0 Å². The summed E-state index contributed by atoms with van der Waals surface area (Å²) in [5.41, 5.74) is 4.24. The van der Waals surface area contributed by atoms with E-state index in [4.69, 9.17) is 0 Å². The van der Waals surface area contributed by atoms with E-state index in [0.29, 0.717) is 5.92 Å². The van der Waals surface area contributed by atoms with Crippen LogP contribution in [0.15, 0.2) is 35.9 Å². The number of carbonyl (C=O) groups is 1. The Kier molecular flexibility index (Phi) is 6.59. The molecule has 1 aliphatic carbocycles. The standard InChI is InChI=1S/C22H33N3O/c1-18(2)20-10-6-7-11-21(20)24-14-16-25(17-15-24)22(26)23-13-12-19-8-4-3-5-9-19/h6-8,10-11,18H,3-5,9,12-17H2,1-2H3,(H,23,26). The van der Waals surface area contributed by atoms with Gasteiger partial charge in [0.1, 0.15) is 0 Å². The van der Waals surface area contributed by atoms with Crippen molar-refractivity contribution < 1.29 is 4.79 Å². The second-order valence-corrected chi connectivity index (χ2v) is 7.78. The Morgan fingerprint density at radius 2 is 1.88 bits per heavy atom. The summed E-state index contributed by atoms with van der Waals surface area (Å²) in [7, 11) is 0. The maximum Gasteiger partial charge on any atom is 0.317 e. The van der Waals surface area contributed by atoms with Crippen molar-refractivity contribution in [2.24, 2.45) is 0 Å². The van der Waals surface area contributed by atoms with Crippen LogP contribution in [0.4, 0.5) is 10.5 Å². The average molecular weight is 356 g/mol. The van der Waals surface area contributed by atoms with Crippen molar-refractivity contribution in [2.45, 2.75) is 51.9 Å². The second kappa shape index (κ2) is 9.11. The van der Waals surface area contributed by atoms with Gasteiger partial charge in [0.05, 0.1) is 0 Å². The molecule has 2 aliphatic rings. The molecule has 0 unspecified atom stereocenters. The molecule has 4 heteroatoms.